The second kappa shape index (κ2) is 6.34. The van der Waals surface area contributed by atoms with Gasteiger partial charge in [-0.2, -0.15) is 0 Å². The third kappa shape index (κ3) is 3.56. The zero-order valence-corrected chi connectivity index (χ0v) is 11.3. The summed E-state index contributed by atoms with van der Waals surface area (Å²) < 4.78 is 1.94. The lowest BCUT2D eigenvalue weighted by Gasteiger charge is -2.27. The minimum Gasteiger partial charge on any atom is -0.391 e. The van der Waals surface area contributed by atoms with E-state index in [1.165, 1.54) is 32.1 Å². The van der Waals surface area contributed by atoms with Gasteiger partial charge in [-0.3, -0.25) is 0 Å². The van der Waals surface area contributed by atoms with E-state index in [1.54, 1.807) is 6.20 Å². The summed E-state index contributed by atoms with van der Waals surface area (Å²) in [6, 6.07) is -0.121. The van der Waals surface area contributed by atoms with Crippen molar-refractivity contribution in [3.05, 3.63) is 18.2 Å². The maximum Gasteiger partial charge on any atom is 0.111 e. The molecule has 18 heavy (non-hydrogen) atoms. The van der Waals surface area contributed by atoms with Crippen molar-refractivity contribution in [2.75, 3.05) is 0 Å². The second-order valence-electron chi connectivity index (χ2n) is 5.63. The number of aryl methyl sites for hydroxylation is 1. The van der Waals surface area contributed by atoms with Crippen molar-refractivity contribution in [3.8, 4) is 0 Å². The van der Waals surface area contributed by atoms with E-state index in [4.69, 9.17) is 5.73 Å². The topological polar surface area (TPSA) is 64.1 Å². The van der Waals surface area contributed by atoms with Crippen LogP contribution in [0.4, 0.5) is 0 Å². The molecule has 4 nitrogen and oxygen atoms in total. The monoisotopic (exact) mass is 251 g/mol. The van der Waals surface area contributed by atoms with Crippen LogP contribution in [-0.4, -0.2) is 26.8 Å². The largest absolute Gasteiger partial charge is 0.391 e. The molecule has 0 radical (unpaired) electrons. The van der Waals surface area contributed by atoms with Crippen LogP contribution in [0, 0.1) is 5.92 Å². The number of imidazole rings is 1. The molecule has 0 bridgehead atoms. The Morgan fingerprint density at radius 1 is 1.44 bits per heavy atom. The van der Waals surface area contributed by atoms with Gasteiger partial charge in [0, 0.05) is 31.9 Å². The summed E-state index contributed by atoms with van der Waals surface area (Å²) in [4.78, 5) is 4.23. The molecule has 0 amide bonds. The van der Waals surface area contributed by atoms with Crippen molar-refractivity contribution in [3.63, 3.8) is 0 Å². The van der Waals surface area contributed by atoms with Crippen molar-refractivity contribution >= 4 is 0 Å². The lowest BCUT2D eigenvalue weighted by molar-refractivity contribution is 0.124. The fourth-order valence-electron chi connectivity index (χ4n) is 2.90. The van der Waals surface area contributed by atoms with Gasteiger partial charge in [-0.1, -0.05) is 32.1 Å². The van der Waals surface area contributed by atoms with Crippen molar-refractivity contribution in [1.82, 2.24) is 9.55 Å². The molecule has 0 spiro atoms. The first kappa shape index (κ1) is 13.6. The van der Waals surface area contributed by atoms with Gasteiger partial charge in [0.2, 0.25) is 0 Å². The van der Waals surface area contributed by atoms with Crippen LogP contribution >= 0.6 is 0 Å². The van der Waals surface area contributed by atoms with Gasteiger partial charge in [-0.15, -0.1) is 0 Å². The standard InChI is InChI=1S/C14H25N3O/c1-17-8-7-16-14(17)10-13(18)12(15)9-11-5-3-2-4-6-11/h7-8,11-13,18H,2-6,9-10,15H2,1H3/t12-,13-/m0/s1. The van der Waals surface area contributed by atoms with Gasteiger partial charge in [-0.05, 0) is 12.3 Å². The molecule has 1 aliphatic rings. The van der Waals surface area contributed by atoms with Crippen LogP contribution in [0.15, 0.2) is 12.4 Å². The Morgan fingerprint density at radius 3 is 2.78 bits per heavy atom. The lowest BCUT2D eigenvalue weighted by Crippen LogP contribution is -2.38. The molecule has 2 atom stereocenters. The summed E-state index contributed by atoms with van der Waals surface area (Å²) in [6.45, 7) is 0. The minimum atomic E-state index is -0.479. The SMILES string of the molecule is Cn1ccnc1C[C@H](O)[C@@H](N)CC1CCCCC1. The van der Waals surface area contributed by atoms with Crippen molar-refractivity contribution in [2.45, 2.75) is 57.1 Å². The van der Waals surface area contributed by atoms with Gasteiger partial charge < -0.3 is 15.4 Å². The number of aliphatic hydroxyl groups excluding tert-OH is 1. The average Bonchev–Trinajstić information content (AvgIpc) is 2.76. The van der Waals surface area contributed by atoms with Gasteiger partial charge in [0.05, 0.1) is 6.10 Å². The highest BCUT2D eigenvalue weighted by Gasteiger charge is 2.22. The molecule has 1 aromatic rings. The molecule has 4 heteroatoms. The number of nitrogens with two attached hydrogens (primary N) is 1. The van der Waals surface area contributed by atoms with Crippen molar-refractivity contribution < 1.29 is 5.11 Å². The molecule has 1 saturated carbocycles. The molecule has 102 valence electrons. The van der Waals surface area contributed by atoms with E-state index in [2.05, 4.69) is 4.98 Å². The molecule has 1 aliphatic carbocycles. The Kier molecular flexibility index (Phi) is 4.78. The Balaban J connectivity index is 1.80. The molecule has 0 aromatic carbocycles. The normalized spacial score (nSPS) is 20.8. The van der Waals surface area contributed by atoms with Gasteiger partial charge in [-0.25, -0.2) is 4.98 Å². The third-order valence-electron chi connectivity index (χ3n) is 4.14. The van der Waals surface area contributed by atoms with Crippen LogP contribution in [0.25, 0.3) is 0 Å². The summed E-state index contributed by atoms with van der Waals surface area (Å²) in [5, 5.41) is 10.2. The molecule has 1 fully saturated rings. The highest BCUT2D eigenvalue weighted by atomic mass is 16.3. The fourth-order valence-corrected chi connectivity index (χ4v) is 2.90. The molecule has 1 heterocycles. The van der Waals surface area contributed by atoms with Crippen LogP contribution in [0.5, 0.6) is 0 Å². The molecular formula is C14H25N3O. The molecule has 2 rings (SSSR count). The molecule has 0 saturated heterocycles. The Hall–Kier alpha value is -0.870. The molecule has 3 N–H and O–H groups in total. The van der Waals surface area contributed by atoms with Crippen LogP contribution in [0.1, 0.15) is 44.3 Å². The smallest absolute Gasteiger partial charge is 0.111 e. The van der Waals surface area contributed by atoms with Gasteiger partial charge >= 0.3 is 0 Å². The zero-order valence-electron chi connectivity index (χ0n) is 11.3. The number of hydrogen-bond donors (Lipinski definition) is 2. The van der Waals surface area contributed by atoms with E-state index in [1.807, 2.05) is 17.8 Å². The fraction of sp³-hybridized carbons (Fsp3) is 0.786. The Morgan fingerprint density at radius 2 is 2.17 bits per heavy atom. The number of aromatic nitrogens is 2. The van der Waals surface area contributed by atoms with Gasteiger partial charge in [0.1, 0.15) is 5.82 Å². The summed E-state index contributed by atoms with van der Waals surface area (Å²) in [5.74, 6) is 1.62. The first-order chi connectivity index (χ1) is 8.66. The van der Waals surface area contributed by atoms with Crippen LogP contribution in [0.3, 0.4) is 0 Å². The van der Waals surface area contributed by atoms with E-state index < -0.39 is 6.10 Å². The number of hydrogen-bond acceptors (Lipinski definition) is 3. The van der Waals surface area contributed by atoms with E-state index in [0.717, 1.165) is 12.2 Å². The highest BCUT2D eigenvalue weighted by Crippen LogP contribution is 2.27. The first-order valence-corrected chi connectivity index (χ1v) is 7.06. The zero-order chi connectivity index (χ0) is 13.0. The van der Waals surface area contributed by atoms with Crippen LogP contribution in [0.2, 0.25) is 0 Å². The maximum atomic E-state index is 10.2. The summed E-state index contributed by atoms with van der Waals surface area (Å²) in [6.07, 6.45) is 11.3. The van der Waals surface area contributed by atoms with Crippen molar-refractivity contribution in [1.29, 1.82) is 0 Å². The first-order valence-electron chi connectivity index (χ1n) is 7.06. The molecule has 1 aromatic heterocycles. The quantitative estimate of drug-likeness (QED) is 0.836. The molecule has 0 unspecified atom stereocenters. The van der Waals surface area contributed by atoms with Crippen molar-refractivity contribution in [2.24, 2.45) is 18.7 Å². The van der Waals surface area contributed by atoms with Gasteiger partial charge in [0.15, 0.2) is 0 Å². The summed E-state index contributed by atoms with van der Waals surface area (Å²) >= 11 is 0. The number of aliphatic hydroxyl groups is 1. The average molecular weight is 251 g/mol. The Bertz CT molecular complexity index is 358. The highest BCUT2D eigenvalue weighted by molar-refractivity contribution is 4.95. The minimum absolute atomic E-state index is 0.121. The maximum absolute atomic E-state index is 10.2. The van der Waals surface area contributed by atoms with E-state index in [0.29, 0.717) is 12.3 Å². The van der Waals surface area contributed by atoms with Gasteiger partial charge in [0.25, 0.3) is 0 Å². The van der Waals surface area contributed by atoms with Crippen LogP contribution < -0.4 is 5.73 Å². The van der Waals surface area contributed by atoms with Crippen LogP contribution in [-0.2, 0) is 13.5 Å². The third-order valence-corrected chi connectivity index (χ3v) is 4.14. The second-order valence-corrected chi connectivity index (χ2v) is 5.63. The van der Waals surface area contributed by atoms with E-state index >= 15 is 0 Å². The van der Waals surface area contributed by atoms with E-state index in [9.17, 15) is 5.11 Å². The Labute approximate surface area is 109 Å². The summed E-state index contributed by atoms with van der Waals surface area (Å²) in [7, 11) is 1.95. The predicted molar refractivity (Wildman–Crippen MR) is 72.1 cm³/mol. The van der Waals surface area contributed by atoms with E-state index in [-0.39, 0.29) is 6.04 Å². The number of rotatable bonds is 5. The predicted octanol–water partition coefficient (Wildman–Crippen LogP) is 1.62. The lowest BCUT2D eigenvalue weighted by atomic mass is 9.83. The number of nitrogens with zero attached hydrogens (tertiary/aromatic N) is 2. The molecular weight excluding hydrogens is 226 g/mol. The molecule has 0 aliphatic heterocycles. The summed E-state index contributed by atoms with van der Waals surface area (Å²) in [5.41, 5.74) is 6.13.